The molecule has 4 aromatic carbocycles. The van der Waals surface area contributed by atoms with E-state index < -0.39 is 23.6 Å². The van der Waals surface area contributed by atoms with E-state index in [4.69, 9.17) is 4.74 Å². The van der Waals surface area contributed by atoms with Crippen LogP contribution >= 0.6 is 0 Å². The van der Waals surface area contributed by atoms with Crippen molar-refractivity contribution in [2.24, 2.45) is 0 Å². The number of carbonyl (C=O) groups excluding carboxylic acids is 1. The fourth-order valence-corrected chi connectivity index (χ4v) is 4.70. The van der Waals surface area contributed by atoms with Gasteiger partial charge in [-0.1, -0.05) is 91.0 Å². The molecule has 0 saturated carbocycles. The van der Waals surface area contributed by atoms with E-state index >= 15 is 0 Å². The van der Waals surface area contributed by atoms with Crippen molar-refractivity contribution in [2.75, 3.05) is 7.11 Å². The number of hydrogen-bond donors (Lipinski definition) is 4. The molecule has 0 aliphatic carbocycles. The lowest BCUT2D eigenvalue weighted by Gasteiger charge is -2.20. The number of ketones is 1. The van der Waals surface area contributed by atoms with E-state index in [1.807, 2.05) is 60.7 Å². The number of ether oxygens (including phenoxy) is 1. The van der Waals surface area contributed by atoms with E-state index in [1.165, 1.54) is 31.4 Å². The fraction of sp³-hybridized carbons (Fsp3) is 0.171. The third-order valence-corrected chi connectivity index (χ3v) is 6.88. The molecule has 0 amide bonds. The number of carbonyl (C=O) groups is 1. The highest BCUT2D eigenvalue weighted by atomic mass is 16.5. The summed E-state index contributed by atoms with van der Waals surface area (Å²) in [6.45, 7) is 0. The second kappa shape index (κ2) is 14.0. The largest absolute Gasteiger partial charge is 0.508 e. The van der Waals surface area contributed by atoms with Gasteiger partial charge in [-0.2, -0.15) is 0 Å². The molecule has 4 aromatic rings. The molecule has 0 spiro atoms. The summed E-state index contributed by atoms with van der Waals surface area (Å²) in [6, 6.07) is 26.9. The van der Waals surface area contributed by atoms with Gasteiger partial charge < -0.3 is 25.2 Å². The van der Waals surface area contributed by atoms with Crippen molar-refractivity contribution < 1.29 is 30.0 Å². The lowest BCUT2D eigenvalue weighted by molar-refractivity contribution is 0.104. The highest BCUT2D eigenvalue weighted by Crippen LogP contribution is 2.45. The van der Waals surface area contributed by atoms with Gasteiger partial charge >= 0.3 is 0 Å². The minimum atomic E-state index is -0.688. The van der Waals surface area contributed by atoms with Crippen LogP contribution in [0.2, 0.25) is 0 Å². The van der Waals surface area contributed by atoms with Crippen LogP contribution in [0.15, 0.2) is 109 Å². The first-order chi connectivity index (χ1) is 19.9. The summed E-state index contributed by atoms with van der Waals surface area (Å²) < 4.78 is 5.35. The Balaban J connectivity index is 1.66. The van der Waals surface area contributed by atoms with Crippen LogP contribution in [0.25, 0.3) is 6.08 Å². The Morgan fingerprint density at radius 3 is 2.22 bits per heavy atom. The number of hydrogen-bond acceptors (Lipinski definition) is 6. The van der Waals surface area contributed by atoms with Crippen LogP contribution in [0.1, 0.15) is 51.4 Å². The number of aliphatic hydroxyl groups excluding tert-OH is 1. The van der Waals surface area contributed by atoms with Crippen LogP contribution in [0, 0.1) is 0 Å². The van der Waals surface area contributed by atoms with E-state index in [0.29, 0.717) is 18.4 Å². The van der Waals surface area contributed by atoms with Gasteiger partial charge in [0.25, 0.3) is 0 Å². The van der Waals surface area contributed by atoms with E-state index in [9.17, 15) is 25.2 Å². The molecule has 0 heterocycles. The molecule has 4 rings (SSSR count). The number of benzene rings is 4. The first-order valence-corrected chi connectivity index (χ1v) is 13.4. The van der Waals surface area contributed by atoms with Crippen molar-refractivity contribution in [3.8, 4) is 23.0 Å². The average molecular weight is 551 g/mol. The number of allylic oxidation sites excluding steroid dienone is 2. The van der Waals surface area contributed by atoms with Gasteiger partial charge in [0, 0.05) is 17.5 Å². The van der Waals surface area contributed by atoms with Crippen molar-refractivity contribution in [1.82, 2.24) is 0 Å². The highest BCUT2D eigenvalue weighted by molar-refractivity contribution is 6.11. The third kappa shape index (κ3) is 7.65. The maximum absolute atomic E-state index is 13.3. The van der Waals surface area contributed by atoms with Gasteiger partial charge in [0.2, 0.25) is 0 Å². The van der Waals surface area contributed by atoms with Crippen LogP contribution < -0.4 is 4.74 Å². The number of phenols is 3. The summed E-state index contributed by atoms with van der Waals surface area (Å²) in [7, 11) is 1.36. The maximum Gasteiger partial charge on any atom is 0.193 e. The summed E-state index contributed by atoms with van der Waals surface area (Å²) in [5, 5.41) is 42.9. The summed E-state index contributed by atoms with van der Waals surface area (Å²) in [5.74, 6) is -1.73. The van der Waals surface area contributed by atoms with Gasteiger partial charge in [-0.3, -0.25) is 4.79 Å². The van der Waals surface area contributed by atoms with Gasteiger partial charge in [0.15, 0.2) is 5.78 Å². The van der Waals surface area contributed by atoms with Crippen LogP contribution in [-0.2, 0) is 6.42 Å². The van der Waals surface area contributed by atoms with E-state index in [1.54, 1.807) is 30.4 Å². The fourth-order valence-electron chi connectivity index (χ4n) is 4.70. The zero-order valence-corrected chi connectivity index (χ0v) is 22.9. The zero-order valence-electron chi connectivity index (χ0n) is 22.9. The average Bonchev–Trinajstić information content (AvgIpc) is 2.99. The number of aliphatic hydroxyl groups is 1. The summed E-state index contributed by atoms with van der Waals surface area (Å²) >= 11 is 0. The molecule has 0 fully saturated rings. The SMILES string of the molecule is COc1cc(O)c([C@@H](/C=C/C[C@H](O)CCc2ccccc2)c2ccc(O)cc2)c(O)c1C(=O)/C=C/c1ccccc1. The van der Waals surface area contributed by atoms with Crippen molar-refractivity contribution in [1.29, 1.82) is 0 Å². The van der Waals surface area contributed by atoms with Gasteiger partial charge in [0.05, 0.1) is 13.2 Å². The number of aryl methyl sites for hydroxylation is 1. The van der Waals surface area contributed by atoms with Crippen molar-refractivity contribution in [3.63, 3.8) is 0 Å². The molecular formula is C35H34O6. The smallest absolute Gasteiger partial charge is 0.193 e. The molecule has 6 heteroatoms. The Labute approximate surface area is 240 Å². The number of rotatable bonds is 12. The molecule has 41 heavy (non-hydrogen) atoms. The van der Waals surface area contributed by atoms with Crippen molar-refractivity contribution >= 4 is 11.9 Å². The quantitative estimate of drug-likeness (QED) is 0.0880. The normalized spacial score (nSPS) is 12.9. The Kier molecular flexibility index (Phi) is 9.97. The zero-order chi connectivity index (χ0) is 29.2. The minimum absolute atomic E-state index is 0.0382. The first kappa shape index (κ1) is 29.2. The number of methoxy groups -OCH3 is 1. The lowest BCUT2D eigenvalue weighted by Crippen LogP contribution is -2.08. The van der Waals surface area contributed by atoms with Crippen molar-refractivity contribution in [3.05, 3.63) is 137 Å². The molecule has 6 nitrogen and oxygen atoms in total. The minimum Gasteiger partial charge on any atom is -0.508 e. The Bertz CT molecular complexity index is 1490. The first-order valence-electron chi connectivity index (χ1n) is 13.4. The van der Waals surface area contributed by atoms with Crippen LogP contribution in [0.3, 0.4) is 0 Å². The van der Waals surface area contributed by atoms with Gasteiger partial charge in [-0.25, -0.2) is 0 Å². The van der Waals surface area contributed by atoms with Crippen molar-refractivity contribution in [2.45, 2.75) is 31.3 Å². The van der Waals surface area contributed by atoms with Crippen LogP contribution in [0.5, 0.6) is 23.0 Å². The van der Waals surface area contributed by atoms with Gasteiger partial charge in [0.1, 0.15) is 28.6 Å². The molecule has 0 unspecified atom stereocenters. The molecule has 0 aliphatic heterocycles. The predicted octanol–water partition coefficient (Wildman–Crippen LogP) is 6.78. The Hall–Kier alpha value is -4.81. The van der Waals surface area contributed by atoms with Crippen LogP contribution in [-0.4, -0.2) is 39.4 Å². The van der Waals surface area contributed by atoms with E-state index in [-0.39, 0.29) is 28.4 Å². The summed E-state index contributed by atoms with van der Waals surface area (Å²) in [6.07, 6.45) is 7.63. The number of aromatic hydroxyl groups is 3. The third-order valence-electron chi connectivity index (χ3n) is 6.88. The molecule has 0 saturated heterocycles. The van der Waals surface area contributed by atoms with E-state index in [0.717, 1.165) is 17.5 Å². The molecule has 0 radical (unpaired) electrons. The predicted molar refractivity (Wildman–Crippen MR) is 161 cm³/mol. The van der Waals surface area contributed by atoms with Gasteiger partial charge in [-0.05, 0) is 54.2 Å². The standard InChI is InChI=1S/C35H34O6/c1-41-32-23-31(39)33(35(40)34(32)30(38)22-16-25-11-6-3-7-12-25)29(26-17-20-28(37)21-18-26)14-8-13-27(36)19-15-24-9-4-2-5-10-24/h2-12,14,16-18,20-23,27,29,36-37,39-40H,13,15,19H2,1H3/b14-8+,22-16+/t27-,29-/m0/s1. The topological polar surface area (TPSA) is 107 Å². The lowest BCUT2D eigenvalue weighted by atomic mass is 9.86. The Morgan fingerprint density at radius 1 is 0.902 bits per heavy atom. The molecular weight excluding hydrogens is 516 g/mol. The van der Waals surface area contributed by atoms with Crippen LogP contribution in [0.4, 0.5) is 0 Å². The molecule has 4 N–H and O–H groups in total. The molecule has 2 atom stereocenters. The highest BCUT2D eigenvalue weighted by Gasteiger charge is 2.27. The van der Waals surface area contributed by atoms with E-state index in [2.05, 4.69) is 0 Å². The molecule has 0 bridgehead atoms. The Morgan fingerprint density at radius 2 is 1.56 bits per heavy atom. The maximum atomic E-state index is 13.3. The molecule has 210 valence electrons. The van der Waals surface area contributed by atoms with Gasteiger partial charge in [-0.15, -0.1) is 0 Å². The molecule has 0 aromatic heterocycles. The monoisotopic (exact) mass is 550 g/mol. The summed E-state index contributed by atoms with van der Waals surface area (Å²) in [4.78, 5) is 13.3. The molecule has 0 aliphatic rings. The second-order valence-electron chi connectivity index (χ2n) is 9.75. The number of phenolic OH excluding ortho intramolecular Hbond substituents is 3. The second-order valence-corrected chi connectivity index (χ2v) is 9.75. The summed E-state index contributed by atoms with van der Waals surface area (Å²) in [5.41, 5.74) is 2.65.